The van der Waals surface area contributed by atoms with Gasteiger partial charge in [-0.1, -0.05) is 33.1 Å². The number of fused-ring (bicyclic) bond motifs is 2. The molecular formula is C31H43N3O5. The molecule has 2 aliphatic rings. The molecule has 8 nitrogen and oxygen atoms in total. The lowest BCUT2D eigenvalue weighted by atomic mass is 10.0. The van der Waals surface area contributed by atoms with Crippen LogP contribution in [0, 0.1) is 5.92 Å². The fourth-order valence-electron chi connectivity index (χ4n) is 5.22. The molecule has 0 aromatic heterocycles. The van der Waals surface area contributed by atoms with E-state index in [9.17, 15) is 9.59 Å². The summed E-state index contributed by atoms with van der Waals surface area (Å²) < 4.78 is 16.4. The Morgan fingerprint density at radius 2 is 1.79 bits per heavy atom. The number of carbonyl (C=O) groups is 2. The van der Waals surface area contributed by atoms with Gasteiger partial charge in [0.2, 0.25) is 18.4 Å². The van der Waals surface area contributed by atoms with Crippen LogP contribution in [0.5, 0.6) is 17.2 Å². The van der Waals surface area contributed by atoms with Gasteiger partial charge in [0, 0.05) is 37.8 Å². The maximum atomic E-state index is 13.3. The number of ether oxygens (including phenoxy) is 3. The van der Waals surface area contributed by atoms with Crippen molar-refractivity contribution < 1.29 is 23.8 Å². The Kier molecular flexibility index (Phi) is 10.1. The first-order valence-electron chi connectivity index (χ1n) is 14.2. The van der Waals surface area contributed by atoms with Gasteiger partial charge >= 0.3 is 0 Å². The molecular weight excluding hydrogens is 494 g/mol. The third kappa shape index (κ3) is 7.66. The number of rotatable bonds is 7. The highest BCUT2D eigenvalue weighted by molar-refractivity contribution is 5.97. The van der Waals surface area contributed by atoms with Crippen LogP contribution in [-0.4, -0.2) is 50.3 Å². The highest BCUT2D eigenvalue weighted by atomic mass is 16.7. The molecule has 0 spiro atoms. The SMILES string of the molecule is COc1cc(CNC(=O)c2ccc3c(c2)CN(CCC(C)C)CCCCCCCN3C(C)=O)cc2c1OCO2. The Balaban J connectivity index is 1.57. The summed E-state index contributed by atoms with van der Waals surface area (Å²) in [6, 6.07) is 9.45. The van der Waals surface area contributed by atoms with Gasteiger partial charge < -0.3 is 24.4 Å². The van der Waals surface area contributed by atoms with E-state index < -0.39 is 0 Å². The summed E-state index contributed by atoms with van der Waals surface area (Å²) in [6.07, 6.45) is 6.80. The topological polar surface area (TPSA) is 80.3 Å². The largest absolute Gasteiger partial charge is 0.493 e. The van der Waals surface area contributed by atoms with Gasteiger partial charge in [0.25, 0.3) is 5.91 Å². The summed E-state index contributed by atoms with van der Waals surface area (Å²) in [5, 5.41) is 3.03. The van der Waals surface area contributed by atoms with Crippen LogP contribution in [0.4, 0.5) is 5.69 Å². The highest BCUT2D eigenvalue weighted by Crippen LogP contribution is 2.41. The Morgan fingerprint density at radius 1 is 1.03 bits per heavy atom. The van der Waals surface area contributed by atoms with E-state index in [2.05, 4.69) is 24.1 Å². The van der Waals surface area contributed by atoms with E-state index in [1.54, 1.807) is 14.0 Å². The molecule has 2 amide bonds. The summed E-state index contributed by atoms with van der Waals surface area (Å²) in [7, 11) is 1.58. The van der Waals surface area contributed by atoms with Crippen LogP contribution >= 0.6 is 0 Å². The van der Waals surface area contributed by atoms with Crippen LogP contribution in [-0.2, 0) is 17.9 Å². The van der Waals surface area contributed by atoms with Gasteiger partial charge in [-0.25, -0.2) is 0 Å². The molecule has 0 atom stereocenters. The average Bonchev–Trinajstić information content (AvgIpc) is 3.39. The predicted molar refractivity (Wildman–Crippen MR) is 153 cm³/mol. The molecule has 0 radical (unpaired) electrons. The summed E-state index contributed by atoms with van der Waals surface area (Å²) in [5.74, 6) is 2.28. The molecule has 2 aliphatic heterocycles. The lowest BCUT2D eigenvalue weighted by Crippen LogP contribution is -2.33. The van der Waals surface area contributed by atoms with Gasteiger partial charge in [-0.15, -0.1) is 0 Å². The Labute approximate surface area is 232 Å². The lowest BCUT2D eigenvalue weighted by molar-refractivity contribution is -0.116. The van der Waals surface area contributed by atoms with Crippen molar-refractivity contribution >= 4 is 17.5 Å². The first-order valence-corrected chi connectivity index (χ1v) is 14.2. The zero-order valence-electron chi connectivity index (χ0n) is 23.9. The van der Waals surface area contributed by atoms with Gasteiger partial charge in [0.1, 0.15) is 0 Å². The summed E-state index contributed by atoms with van der Waals surface area (Å²) in [6.45, 7) is 10.0. The van der Waals surface area contributed by atoms with E-state index in [4.69, 9.17) is 14.2 Å². The van der Waals surface area contributed by atoms with Crippen LogP contribution in [0.15, 0.2) is 30.3 Å². The molecule has 2 aromatic rings. The minimum atomic E-state index is -0.163. The number of carbonyl (C=O) groups excluding carboxylic acids is 2. The minimum absolute atomic E-state index is 0.0380. The van der Waals surface area contributed by atoms with E-state index in [0.29, 0.717) is 48.4 Å². The smallest absolute Gasteiger partial charge is 0.251 e. The molecule has 2 heterocycles. The second-order valence-corrected chi connectivity index (χ2v) is 11.0. The third-order valence-corrected chi connectivity index (χ3v) is 7.46. The summed E-state index contributed by atoms with van der Waals surface area (Å²) in [4.78, 5) is 30.4. The molecule has 8 heteroatoms. The molecule has 1 N–H and O–H groups in total. The zero-order valence-corrected chi connectivity index (χ0v) is 23.9. The van der Waals surface area contributed by atoms with Gasteiger partial charge in [-0.05, 0) is 79.7 Å². The summed E-state index contributed by atoms with van der Waals surface area (Å²) >= 11 is 0. The zero-order chi connectivity index (χ0) is 27.8. The number of nitrogens with zero attached hydrogens (tertiary/aromatic N) is 2. The number of hydrogen-bond acceptors (Lipinski definition) is 6. The fraction of sp³-hybridized carbons (Fsp3) is 0.548. The standard InChI is InChI=1S/C31H43N3O5/c1-22(2)12-15-33-13-8-6-5-7-9-14-34(23(3)35)27-11-10-25(18-26(27)20-33)31(36)32-19-24-16-28(37-4)30-29(17-24)38-21-39-30/h10-11,16-18,22H,5-9,12-15,19-21H2,1-4H3,(H,32,36). The van der Waals surface area contributed by atoms with E-state index >= 15 is 0 Å². The number of benzene rings is 2. The van der Waals surface area contributed by atoms with Crippen molar-refractivity contribution in [1.82, 2.24) is 10.2 Å². The molecule has 0 aliphatic carbocycles. The molecule has 0 fully saturated rings. The van der Waals surface area contributed by atoms with E-state index in [0.717, 1.165) is 49.2 Å². The second kappa shape index (κ2) is 13.7. The van der Waals surface area contributed by atoms with Crippen molar-refractivity contribution in [2.45, 2.75) is 72.4 Å². The van der Waals surface area contributed by atoms with Gasteiger partial charge in [0.05, 0.1) is 7.11 Å². The Morgan fingerprint density at radius 3 is 2.54 bits per heavy atom. The van der Waals surface area contributed by atoms with Crippen LogP contribution in [0.2, 0.25) is 0 Å². The van der Waals surface area contributed by atoms with Crippen LogP contribution in [0.1, 0.15) is 80.8 Å². The molecule has 2 aromatic carbocycles. The predicted octanol–water partition coefficient (Wildman–Crippen LogP) is 5.52. The molecule has 0 bridgehead atoms. The maximum absolute atomic E-state index is 13.3. The molecule has 0 unspecified atom stereocenters. The van der Waals surface area contributed by atoms with Crippen LogP contribution in [0.3, 0.4) is 0 Å². The quantitative estimate of drug-likeness (QED) is 0.501. The molecule has 4 rings (SSSR count). The second-order valence-electron chi connectivity index (χ2n) is 11.0. The van der Waals surface area contributed by atoms with Gasteiger partial charge in [0.15, 0.2) is 11.5 Å². The van der Waals surface area contributed by atoms with Crippen molar-refractivity contribution in [3.63, 3.8) is 0 Å². The first-order chi connectivity index (χ1) is 18.9. The number of anilines is 1. The molecule has 0 saturated heterocycles. The number of amides is 2. The van der Waals surface area contributed by atoms with Crippen molar-refractivity contribution in [2.24, 2.45) is 5.92 Å². The van der Waals surface area contributed by atoms with Crippen molar-refractivity contribution in [1.29, 1.82) is 0 Å². The van der Waals surface area contributed by atoms with Gasteiger partial charge in [-0.2, -0.15) is 0 Å². The number of hydrogen-bond donors (Lipinski definition) is 1. The monoisotopic (exact) mass is 537 g/mol. The maximum Gasteiger partial charge on any atom is 0.251 e. The minimum Gasteiger partial charge on any atom is -0.493 e. The van der Waals surface area contributed by atoms with Crippen molar-refractivity contribution in [3.05, 3.63) is 47.0 Å². The van der Waals surface area contributed by atoms with Crippen LogP contribution < -0.4 is 24.4 Å². The fourth-order valence-corrected chi connectivity index (χ4v) is 5.22. The number of nitrogens with one attached hydrogen (secondary N) is 1. The Bertz CT molecular complexity index is 1150. The average molecular weight is 538 g/mol. The molecule has 0 saturated carbocycles. The van der Waals surface area contributed by atoms with Gasteiger partial charge in [-0.3, -0.25) is 14.5 Å². The summed E-state index contributed by atoms with van der Waals surface area (Å²) in [5.41, 5.74) is 3.38. The van der Waals surface area contributed by atoms with Crippen molar-refractivity contribution in [3.8, 4) is 17.2 Å². The normalized spacial score (nSPS) is 16.3. The van der Waals surface area contributed by atoms with Crippen molar-refractivity contribution in [2.75, 3.05) is 38.4 Å². The lowest BCUT2D eigenvalue weighted by Gasteiger charge is -2.29. The highest BCUT2D eigenvalue weighted by Gasteiger charge is 2.22. The van der Waals surface area contributed by atoms with E-state index in [1.165, 1.54) is 19.3 Å². The third-order valence-electron chi connectivity index (χ3n) is 7.46. The first kappa shape index (κ1) is 28.7. The van der Waals surface area contributed by atoms with E-state index in [-0.39, 0.29) is 18.6 Å². The number of methoxy groups -OCH3 is 1. The van der Waals surface area contributed by atoms with E-state index in [1.807, 2.05) is 35.2 Å². The molecule has 39 heavy (non-hydrogen) atoms. The Hall–Kier alpha value is -3.26. The van der Waals surface area contributed by atoms with Crippen LogP contribution in [0.25, 0.3) is 0 Å². The molecule has 212 valence electrons.